The van der Waals surface area contributed by atoms with E-state index in [-0.39, 0.29) is 12.5 Å². The fourth-order valence-electron chi connectivity index (χ4n) is 1.67. The van der Waals surface area contributed by atoms with Crippen LogP contribution in [-0.2, 0) is 0 Å². The van der Waals surface area contributed by atoms with Gasteiger partial charge in [-0.15, -0.1) is 6.42 Å². The quantitative estimate of drug-likeness (QED) is 0.782. The van der Waals surface area contributed by atoms with Crippen LogP contribution < -0.4 is 19.5 Å². The van der Waals surface area contributed by atoms with Gasteiger partial charge in [-0.2, -0.15) is 0 Å². The van der Waals surface area contributed by atoms with Crippen LogP contribution in [0.1, 0.15) is 24.2 Å². The van der Waals surface area contributed by atoms with Crippen molar-refractivity contribution in [3.05, 3.63) is 17.7 Å². The van der Waals surface area contributed by atoms with Gasteiger partial charge in [0.25, 0.3) is 5.91 Å². The van der Waals surface area contributed by atoms with Crippen molar-refractivity contribution in [3.8, 4) is 29.6 Å². The van der Waals surface area contributed by atoms with E-state index in [1.807, 2.05) is 13.8 Å². The maximum atomic E-state index is 12.1. The average molecular weight is 291 g/mol. The predicted octanol–water partition coefficient (Wildman–Crippen LogP) is 2.10. The van der Waals surface area contributed by atoms with E-state index in [0.717, 1.165) is 0 Å². The first-order valence-electron chi connectivity index (χ1n) is 6.64. The molecule has 5 nitrogen and oxygen atoms in total. The SMILES string of the molecule is C#CCOc1c(OC)cc(C(=O)NCC(C)C)cc1OC. The van der Waals surface area contributed by atoms with Gasteiger partial charge in [0.2, 0.25) is 5.75 Å². The summed E-state index contributed by atoms with van der Waals surface area (Å²) in [6.45, 7) is 4.74. The lowest BCUT2D eigenvalue weighted by Gasteiger charge is -2.15. The number of hydrogen-bond acceptors (Lipinski definition) is 4. The highest BCUT2D eigenvalue weighted by atomic mass is 16.5. The molecule has 0 bridgehead atoms. The fourth-order valence-corrected chi connectivity index (χ4v) is 1.67. The van der Waals surface area contributed by atoms with Crippen LogP contribution in [0.25, 0.3) is 0 Å². The molecule has 1 rings (SSSR count). The Labute approximate surface area is 125 Å². The van der Waals surface area contributed by atoms with E-state index in [1.54, 1.807) is 12.1 Å². The Morgan fingerprint density at radius 2 is 1.86 bits per heavy atom. The smallest absolute Gasteiger partial charge is 0.251 e. The zero-order valence-corrected chi connectivity index (χ0v) is 12.9. The van der Waals surface area contributed by atoms with Crippen molar-refractivity contribution in [2.75, 3.05) is 27.4 Å². The molecular formula is C16H21NO4. The van der Waals surface area contributed by atoms with Crippen molar-refractivity contribution in [3.63, 3.8) is 0 Å². The van der Waals surface area contributed by atoms with E-state index < -0.39 is 0 Å². The van der Waals surface area contributed by atoms with Gasteiger partial charge in [-0.25, -0.2) is 0 Å². The number of rotatable bonds is 7. The summed E-state index contributed by atoms with van der Waals surface area (Å²) in [7, 11) is 2.99. The molecule has 114 valence electrons. The van der Waals surface area contributed by atoms with Crippen LogP contribution in [0, 0.1) is 18.3 Å². The van der Waals surface area contributed by atoms with Gasteiger partial charge in [-0.3, -0.25) is 4.79 Å². The molecule has 0 saturated heterocycles. The molecule has 0 radical (unpaired) electrons. The summed E-state index contributed by atoms with van der Waals surface area (Å²) < 4.78 is 15.9. The van der Waals surface area contributed by atoms with Crippen LogP contribution in [0.4, 0.5) is 0 Å². The van der Waals surface area contributed by atoms with Gasteiger partial charge < -0.3 is 19.5 Å². The summed E-state index contributed by atoms with van der Waals surface area (Å²) in [5.74, 6) is 3.75. The third kappa shape index (κ3) is 4.60. The molecule has 1 amide bonds. The monoisotopic (exact) mass is 291 g/mol. The van der Waals surface area contributed by atoms with Gasteiger partial charge in [0.15, 0.2) is 11.5 Å². The molecule has 0 aliphatic rings. The van der Waals surface area contributed by atoms with Gasteiger partial charge >= 0.3 is 0 Å². The number of terminal acetylenes is 1. The predicted molar refractivity (Wildman–Crippen MR) is 81.0 cm³/mol. The van der Waals surface area contributed by atoms with Crippen molar-refractivity contribution in [2.45, 2.75) is 13.8 Å². The second kappa shape index (κ2) is 8.05. The molecule has 21 heavy (non-hydrogen) atoms. The highest BCUT2D eigenvalue weighted by molar-refractivity contribution is 5.95. The Morgan fingerprint density at radius 3 is 2.29 bits per heavy atom. The first-order chi connectivity index (χ1) is 10.0. The van der Waals surface area contributed by atoms with Gasteiger partial charge in [0.1, 0.15) is 6.61 Å². The van der Waals surface area contributed by atoms with E-state index in [1.165, 1.54) is 14.2 Å². The first kappa shape index (κ1) is 16.7. The molecule has 0 saturated carbocycles. The Balaban J connectivity index is 3.08. The van der Waals surface area contributed by atoms with Crippen LogP contribution in [0.15, 0.2) is 12.1 Å². The summed E-state index contributed by atoms with van der Waals surface area (Å²) in [4.78, 5) is 12.1. The number of hydrogen-bond donors (Lipinski definition) is 1. The number of ether oxygens (including phenoxy) is 3. The second-order valence-corrected chi connectivity index (χ2v) is 4.81. The molecule has 0 atom stereocenters. The maximum Gasteiger partial charge on any atom is 0.251 e. The van der Waals surface area contributed by atoms with Crippen LogP contribution in [0.2, 0.25) is 0 Å². The molecule has 0 fully saturated rings. The number of methoxy groups -OCH3 is 2. The minimum Gasteiger partial charge on any atom is -0.493 e. The third-order valence-electron chi connectivity index (χ3n) is 2.69. The van der Waals surface area contributed by atoms with Gasteiger partial charge in [0.05, 0.1) is 14.2 Å². The van der Waals surface area contributed by atoms with E-state index in [2.05, 4.69) is 11.2 Å². The van der Waals surface area contributed by atoms with Gasteiger partial charge in [-0.05, 0) is 18.1 Å². The van der Waals surface area contributed by atoms with Crippen molar-refractivity contribution < 1.29 is 19.0 Å². The number of amides is 1. The summed E-state index contributed by atoms with van der Waals surface area (Å²) in [6.07, 6.45) is 5.18. The van der Waals surface area contributed by atoms with Crippen LogP contribution >= 0.6 is 0 Å². The summed E-state index contributed by atoms with van der Waals surface area (Å²) in [5, 5.41) is 2.84. The number of carbonyl (C=O) groups is 1. The third-order valence-corrected chi connectivity index (χ3v) is 2.69. The Hall–Kier alpha value is -2.35. The van der Waals surface area contributed by atoms with Crippen LogP contribution in [0.3, 0.4) is 0 Å². The molecule has 0 spiro atoms. The molecule has 5 heteroatoms. The number of carbonyl (C=O) groups excluding carboxylic acids is 1. The minimum atomic E-state index is -0.191. The van der Waals surface area contributed by atoms with E-state index in [0.29, 0.717) is 35.3 Å². The van der Waals surface area contributed by atoms with Gasteiger partial charge in [0, 0.05) is 12.1 Å². The normalized spacial score (nSPS) is 9.90. The largest absolute Gasteiger partial charge is 0.493 e. The molecule has 0 heterocycles. The lowest BCUT2D eigenvalue weighted by Crippen LogP contribution is -2.27. The minimum absolute atomic E-state index is 0.0889. The number of benzene rings is 1. The van der Waals surface area contributed by atoms with E-state index in [9.17, 15) is 4.79 Å². The Kier molecular flexibility index (Phi) is 6.41. The lowest BCUT2D eigenvalue weighted by molar-refractivity contribution is 0.0948. The maximum absolute atomic E-state index is 12.1. The molecular weight excluding hydrogens is 270 g/mol. The lowest BCUT2D eigenvalue weighted by atomic mass is 10.1. The topological polar surface area (TPSA) is 56.8 Å². The molecule has 0 aromatic heterocycles. The van der Waals surface area contributed by atoms with Crippen LogP contribution in [0.5, 0.6) is 17.2 Å². The van der Waals surface area contributed by atoms with Crippen molar-refractivity contribution >= 4 is 5.91 Å². The molecule has 0 aliphatic heterocycles. The first-order valence-corrected chi connectivity index (χ1v) is 6.64. The molecule has 0 unspecified atom stereocenters. The number of nitrogens with one attached hydrogen (secondary N) is 1. The molecule has 1 aromatic carbocycles. The zero-order chi connectivity index (χ0) is 15.8. The second-order valence-electron chi connectivity index (χ2n) is 4.81. The van der Waals surface area contributed by atoms with Crippen molar-refractivity contribution in [2.24, 2.45) is 5.92 Å². The average Bonchev–Trinajstić information content (AvgIpc) is 2.49. The summed E-state index contributed by atoms with van der Waals surface area (Å²) in [6, 6.07) is 3.20. The Morgan fingerprint density at radius 1 is 1.29 bits per heavy atom. The standard InChI is InChI=1S/C16H21NO4/c1-6-7-21-15-13(19-4)8-12(9-14(15)20-5)16(18)17-10-11(2)3/h1,8-9,11H,7,10H2,2-5H3,(H,17,18). The van der Waals surface area contributed by atoms with E-state index >= 15 is 0 Å². The zero-order valence-electron chi connectivity index (χ0n) is 12.9. The highest BCUT2D eigenvalue weighted by Gasteiger charge is 2.17. The molecule has 1 N–H and O–H groups in total. The van der Waals surface area contributed by atoms with Crippen molar-refractivity contribution in [1.82, 2.24) is 5.32 Å². The summed E-state index contributed by atoms with van der Waals surface area (Å²) in [5.41, 5.74) is 0.442. The molecule has 0 aliphatic carbocycles. The Bertz CT molecular complexity index is 507. The van der Waals surface area contributed by atoms with E-state index in [4.69, 9.17) is 20.6 Å². The summed E-state index contributed by atoms with van der Waals surface area (Å²) >= 11 is 0. The fraction of sp³-hybridized carbons (Fsp3) is 0.438. The van der Waals surface area contributed by atoms with Crippen LogP contribution in [-0.4, -0.2) is 33.3 Å². The molecule has 1 aromatic rings. The highest BCUT2D eigenvalue weighted by Crippen LogP contribution is 2.38. The van der Waals surface area contributed by atoms with Crippen molar-refractivity contribution in [1.29, 1.82) is 0 Å². The van der Waals surface area contributed by atoms with Gasteiger partial charge in [-0.1, -0.05) is 19.8 Å².